The highest BCUT2D eigenvalue weighted by atomic mass is 79.9. The van der Waals surface area contributed by atoms with Crippen LogP contribution in [0.3, 0.4) is 0 Å². The Bertz CT molecular complexity index is 1140. The van der Waals surface area contributed by atoms with Crippen LogP contribution in [0.4, 0.5) is 19.0 Å². The Kier molecular flexibility index (Phi) is 5.11. The molecule has 30 heavy (non-hydrogen) atoms. The summed E-state index contributed by atoms with van der Waals surface area (Å²) in [4.78, 5) is 12.7. The van der Waals surface area contributed by atoms with Gasteiger partial charge in [0.15, 0.2) is 11.5 Å². The highest BCUT2D eigenvalue weighted by Crippen LogP contribution is 2.46. The van der Waals surface area contributed by atoms with Crippen molar-refractivity contribution in [2.45, 2.75) is 31.5 Å². The van der Waals surface area contributed by atoms with Gasteiger partial charge in [-0.2, -0.15) is 28.6 Å². The van der Waals surface area contributed by atoms with E-state index in [1.165, 1.54) is 10.9 Å². The molecule has 0 saturated heterocycles. The van der Waals surface area contributed by atoms with Crippen molar-refractivity contribution in [3.63, 3.8) is 0 Å². The molecule has 1 amide bonds. The molecule has 7 nitrogen and oxygen atoms in total. The number of halogens is 4. The molecule has 0 aliphatic heterocycles. The summed E-state index contributed by atoms with van der Waals surface area (Å²) >= 11 is 3.00. The molecule has 2 heterocycles. The van der Waals surface area contributed by atoms with Crippen molar-refractivity contribution < 1.29 is 18.0 Å². The van der Waals surface area contributed by atoms with E-state index in [0.29, 0.717) is 11.4 Å². The van der Waals surface area contributed by atoms with Crippen molar-refractivity contribution in [3.05, 3.63) is 58.0 Å². The average molecular weight is 479 g/mol. The lowest BCUT2D eigenvalue weighted by molar-refractivity contribution is -0.142. The van der Waals surface area contributed by atoms with Crippen LogP contribution in [0, 0.1) is 11.3 Å². The third-order valence-electron chi connectivity index (χ3n) is 4.61. The second kappa shape index (κ2) is 7.60. The zero-order valence-electron chi connectivity index (χ0n) is 15.3. The molecule has 154 valence electrons. The van der Waals surface area contributed by atoms with E-state index in [4.69, 9.17) is 0 Å². The van der Waals surface area contributed by atoms with Gasteiger partial charge in [0.2, 0.25) is 5.91 Å². The van der Waals surface area contributed by atoms with E-state index >= 15 is 0 Å². The number of benzene rings is 1. The number of anilines is 1. The molecule has 3 aromatic rings. The van der Waals surface area contributed by atoms with Gasteiger partial charge >= 0.3 is 6.18 Å². The Morgan fingerprint density at radius 1 is 1.30 bits per heavy atom. The third kappa shape index (κ3) is 3.82. The first-order valence-corrected chi connectivity index (χ1v) is 9.75. The van der Waals surface area contributed by atoms with Gasteiger partial charge in [0.05, 0.1) is 22.1 Å². The summed E-state index contributed by atoms with van der Waals surface area (Å²) in [5.41, 5.74) is 0.0557. The number of carbonyl (C=O) groups is 1. The minimum Gasteiger partial charge on any atom is -0.308 e. The molecule has 0 spiro atoms. The van der Waals surface area contributed by atoms with Crippen molar-refractivity contribution in [3.8, 4) is 11.8 Å². The van der Waals surface area contributed by atoms with Gasteiger partial charge in [-0.15, -0.1) is 0 Å². The quantitative estimate of drug-likeness (QED) is 0.593. The van der Waals surface area contributed by atoms with Crippen LogP contribution in [-0.4, -0.2) is 25.5 Å². The molecule has 0 unspecified atom stereocenters. The summed E-state index contributed by atoms with van der Waals surface area (Å²) in [7, 11) is 0. The van der Waals surface area contributed by atoms with E-state index in [0.717, 1.165) is 17.5 Å². The second-order valence-electron chi connectivity index (χ2n) is 6.79. The average Bonchev–Trinajstić information content (AvgIpc) is 3.36. The largest absolute Gasteiger partial charge is 0.436 e. The van der Waals surface area contributed by atoms with E-state index in [1.807, 2.05) is 12.1 Å². The smallest absolute Gasteiger partial charge is 0.308 e. The normalized spacial score (nSPS) is 13.8. The molecular weight excluding hydrogens is 465 g/mol. The minimum absolute atomic E-state index is 0.0692. The number of hydrogen-bond donors (Lipinski definition) is 1. The van der Waals surface area contributed by atoms with Crippen LogP contribution in [0.5, 0.6) is 0 Å². The van der Waals surface area contributed by atoms with E-state index in [2.05, 4.69) is 31.4 Å². The van der Waals surface area contributed by atoms with Crippen molar-refractivity contribution in [1.82, 2.24) is 19.6 Å². The Morgan fingerprint density at radius 3 is 2.60 bits per heavy atom. The molecule has 4 rings (SSSR count). The fourth-order valence-electron chi connectivity index (χ4n) is 3.12. The molecule has 1 aromatic carbocycles. The highest BCUT2D eigenvalue weighted by Gasteiger charge is 2.42. The number of alkyl halides is 3. The van der Waals surface area contributed by atoms with Crippen molar-refractivity contribution in [1.29, 1.82) is 5.26 Å². The summed E-state index contributed by atoms with van der Waals surface area (Å²) in [6, 6.07) is 10.8. The molecule has 2 aromatic heterocycles. The number of aromatic nitrogens is 4. The van der Waals surface area contributed by atoms with Crippen LogP contribution in [-0.2, 0) is 17.5 Å². The topological polar surface area (TPSA) is 88.5 Å². The number of rotatable bonds is 5. The van der Waals surface area contributed by atoms with Gasteiger partial charge in [-0.25, -0.2) is 4.68 Å². The first-order valence-electron chi connectivity index (χ1n) is 8.96. The molecule has 0 atom stereocenters. The van der Waals surface area contributed by atoms with E-state index in [9.17, 15) is 23.2 Å². The molecule has 0 radical (unpaired) electrons. The fourth-order valence-corrected chi connectivity index (χ4v) is 3.96. The van der Waals surface area contributed by atoms with Gasteiger partial charge in [0.1, 0.15) is 18.2 Å². The molecular formula is C19H14BrF3N6O. The van der Waals surface area contributed by atoms with E-state index in [1.54, 1.807) is 24.3 Å². The summed E-state index contributed by atoms with van der Waals surface area (Å²) in [6.07, 6.45) is -1.85. The Morgan fingerprint density at radius 2 is 2.00 bits per heavy atom. The lowest BCUT2D eigenvalue weighted by Gasteiger charge is -2.11. The molecule has 1 saturated carbocycles. The lowest BCUT2D eigenvalue weighted by Crippen LogP contribution is -2.23. The number of nitriles is 1. The van der Waals surface area contributed by atoms with Crippen molar-refractivity contribution >= 4 is 27.7 Å². The first kappa shape index (κ1) is 20.2. The monoisotopic (exact) mass is 478 g/mol. The molecule has 0 bridgehead atoms. The maximum atomic E-state index is 13.3. The van der Waals surface area contributed by atoms with Crippen molar-refractivity contribution in [2.75, 3.05) is 5.32 Å². The minimum atomic E-state index is -4.63. The summed E-state index contributed by atoms with van der Waals surface area (Å²) in [6.45, 7) is -0.425. The lowest BCUT2D eigenvalue weighted by atomic mass is 10.2. The number of nitrogens with one attached hydrogen (secondary N) is 1. The number of nitrogens with zero attached hydrogens (tertiary/aromatic N) is 5. The highest BCUT2D eigenvalue weighted by molar-refractivity contribution is 9.10. The van der Waals surface area contributed by atoms with E-state index in [-0.39, 0.29) is 21.8 Å². The van der Waals surface area contributed by atoms with Crippen LogP contribution >= 0.6 is 15.9 Å². The number of amides is 1. The number of para-hydroxylation sites is 1. The number of carbonyl (C=O) groups excluding carboxylic acids is 1. The van der Waals surface area contributed by atoms with Crippen LogP contribution in [0.25, 0.3) is 5.69 Å². The summed E-state index contributed by atoms with van der Waals surface area (Å²) < 4.78 is 42.1. The first-order chi connectivity index (χ1) is 14.3. The Labute approximate surface area is 177 Å². The van der Waals surface area contributed by atoms with Gasteiger partial charge in [0, 0.05) is 5.92 Å². The summed E-state index contributed by atoms with van der Waals surface area (Å²) in [5.74, 6) is -0.543. The van der Waals surface area contributed by atoms with Gasteiger partial charge < -0.3 is 5.32 Å². The predicted molar refractivity (Wildman–Crippen MR) is 104 cm³/mol. The Hall–Kier alpha value is -3.13. The van der Waals surface area contributed by atoms with Gasteiger partial charge in [0.25, 0.3) is 0 Å². The molecule has 1 aliphatic rings. The third-order valence-corrected chi connectivity index (χ3v) is 5.39. The molecule has 11 heteroatoms. The molecule has 1 fully saturated rings. The van der Waals surface area contributed by atoms with Crippen LogP contribution in [0.2, 0.25) is 0 Å². The van der Waals surface area contributed by atoms with Crippen LogP contribution < -0.4 is 5.32 Å². The molecule has 1 aliphatic carbocycles. The van der Waals surface area contributed by atoms with Crippen molar-refractivity contribution in [2.24, 2.45) is 0 Å². The standard InChI is InChI=1S/C19H14BrF3N6O/c20-15-16(11-6-7-11)28(27-17(15)19(21,22)23)10-14(30)26-18-12(8-24)9-25-29(18)13-4-2-1-3-5-13/h1-5,9,11H,6-7,10H2,(H,26,30). The summed E-state index contributed by atoms with van der Waals surface area (Å²) in [5, 5.41) is 19.7. The van der Waals surface area contributed by atoms with Gasteiger partial charge in [-0.05, 0) is 40.9 Å². The second-order valence-corrected chi connectivity index (χ2v) is 7.58. The predicted octanol–water partition coefficient (Wildman–Crippen LogP) is 4.24. The van der Waals surface area contributed by atoms with Gasteiger partial charge in [-0.3, -0.25) is 9.48 Å². The number of hydrogen-bond acceptors (Lipinski definition) is 4. The zero-order chi connectivity index (χ0) is 21.5. The Balaban J connectivity index is 1.63. The fraction of sp³-hybridized carbons (Fsp3) is 0.263. The van der Waals surface area contributed by atoms with Crippen LogP contribution in [0.1, 0.15) is 35.7 Å². The van der Waals surface area contributed by atoms with Crippen LogP contribution in [0.15, 0.2) is 41.0 Å². The molecule has 1 N–H and O–H groups in total. The van der Waals surface area contributed by atoms with Gasteiger partial charge in [-0.1, -0.05) is 18.2 Å². The maximum Gasteiger partial charge on any atom is 0.436 e. The maximum absolute atomic E-state index is 13.3. The van der Waals surface area contributed by atoms with E-state index < -0.39 is 24.3 Å². The SMILES string of the molecule is N#Cc1cnn(-c2ccccc2)c1NC(=O)Cn1nc(C(F)(F)F)c(Br)c1C1CC1. The zero-order valence-corrected chi connectivity index (χ0v) is 16.9.